The first-order chi connectivity index (χ1) is 8.65. The molecule has 1 fully saturated rings. The first-order valence-corrected chi connectivity index (χ1v) is 7.91. The molecule has 1 aromatic rings. The second-order valence-corrected chi connectivity index (χ2v) is 6.68. The van der Waals surface area contributed by atoms with Crippen LogP contribution in [0, 0.1) is 0 Å². The molecule has 18 heavy (non-hydrogen) atoms. The Morgan fingerprint density at radius 2 is 2.00 bits per heavy atom. The van der Waals surface area contributed by atoms with Crippen LogP contribution in [0.4, 0.5) is 0 Å². The third kappa shape index (κ3) is 2.24. The molecule has 1 aliphatic carbocycles. The van der Waals surface area contributed by atoms with E-state index in [1.165, 1.54) is 0 Å². The molecule has 1 heterocycles. The van der Waals surface area contributed by atoms with Gasteiger partial charge in [-0.1, -0.05) is 12.8 Å². The van der Waals surface area contributed by atoms with Crippen molar-refractivity contribution >= 4 is 10.0 Å². The van der Waals surface area contributed by atoms with E-state index in [1.807, 2.05) is 0 Å². The third-order valence-electron chi connectivity index (χ3n) is 3.65. The monoisotopic (exact) mass is 267 g/mol. The highest BCUT2D eigenvalue weighted by Gasteiger charge is 2.24. The summed E-state index contributed by atoms with van der Waals surface area (Å²) in [6, 6.07) is 5.23. The van der Waals surface area contributed by atoms with Crippen LogP contribution in [0.5, 0.6) is 5.75 Å². The van der Waals surface area contributed by atoms with Crippen LogP contribution in [0.1, 0.15) is 31.2 Å². The molecular formula is C13H17NO3S. The number of ether oxygens (including phenoxy) is 1. The predicted molar refractivity (Wildman–Crippen MR) is 68.2 cm³/mol. The molecule has 0 atom stereocenters. The summed E-state index contributed by atoms with van der Waals surface area (Å²) in [5.41, 5.74) is 0.990. The average Bonchev–Trinajstić information content (AvgIpc) is 2.97. The molecule has 2 aliphatic rings. The van der Waals surface area contributed by atoms with Gasteiger partial charge in [0.05, 0.1) is 11.5 Å². The number of benzene rings is 1. The van der Waals surface area contributed by atoms with E-state index in [-0.39, 0.29) is 6.04 Å². The smallest absolute Gasteiger partial charge is 0.240 e. The van der Waals surface area contributed by atoms with Gasteiger partial charge in [-0.05, 0) is 36.6 Å². The molecule has 1 N–H and O–H groups in total. The Hall–Kier alpha value is -1.07. The van der Waals surface area contributed by atoms with E-state index >= 15 is 0 Å². The zero-order valence-electron chi connectivity index (χ0n) is 10.2. The van der Waals surface area contributed by atoms with Crippen LogP contribution in [0.3, 0.4) is 0 Å². The average molecular weight is 267 g/mol. The number of hydrogen-bond donors (Lipinski definition) is 1. The molecule has 4 nitrogen and oxygen atoms in total. The van der Waals surface area contributed by atoms with Crippen LogP contribution in [-0.2, 0) is 16.4 Å². The Morgan fingerprint density at radius 1 is 1.22 bits per heavy atom. The fourth-order valence-electron chi connectivity index (χ4n) is 2.66. The molecule has 0 bridgehead atoms. The van der Waals surface area contributed by atoms with E-state index in [0.717, 1.165) is 43.4 Å². The SMILES string of the molecule is O=S(=O)(NC1CCCC1)c1ccc2c(c1)CCO2. The standard InChI is InChI=1S/C13H17NO3S/c15-18(16,14-11-3-1-2-4-11)12-5-6-13-10(9-12)7-8-17-13/h5-6,9,11,14H,1-4,7-8H2. The predicted octanol–water partition coefficient (Wildman–Crippen LogP) is 1.84. The van der Waals surface area contributed by atoms with Gasteiger partial charge < -0.3 is 4.74 Å². The van der Waals surface area contributed by atoms with Crippen molar-refractivity contribution in [2.24, 2.45) is 0 Å². The fraction of sp³-hybridized carbons (Fsp3) is 0.538. The van der Waals surface area contributed by atoms with Crippen LogP contribution in [0.25, 0.3) is 0 Å². The number of sulfonamides is 1. The molecular weight excluding hydrogens is 250 g/mol. The topological polar surface area (TPSA) is 55.4 Å². The summed E-state index contributed by atoms with van der Waals surface area (Å²) in [7, 11) is -3.37. The van der Waals surface area contributed by atoms with Gasteiger partial charge in [0.15, 0.2) is 0 Å². The highest BCUT2D eigenvalue weighted by Crippen LogP contribution is 2.28. The van der Waals surface area contributed by atoms with Crippen LogP contribution in [-0.4, -0.2) is 21.1 Å². The minimum Gasteiger partial charge on any atom is -0.493 e. The maximum atomic E-state index is 12.2. The Balaban J connectivity index is 1.84. The summed E-state index contributed by atoms with van der Waals surface area (Å²) in [6.07, 6.45) is 4.93. The molecule has 1 aliphatic heterocycles. The largest absolute Gasteiger partial charge is 0.493 e. The first kappa shape index (κ1) is 12.0. The Labute approximate surface area is 107 Å². The van der Waals surface area contributed by atoms with Crippen LogP contribution in [0.2, 0.25) is 0 Å². The summed E-state index contributed by atoms with van der Waals surface area (Å²) in [4.78, 5) is 0.360. The van der Waals surface area contributed by atoms with E-state index in [2.05, 4.69) is 4.72 Å². The maximum Gasteiger partial charge on any atom is 0.240 e. The molecule has 3 rings (SSSR count). The maximum absolute atomic E-state index is 12.2. The van der Waals surface area contributed by atoms with Gasteiger partial charge in [0.25, 0.3) is 0 Å². The van der Waals surface area contributed by atoms with Gasteiger partial charge in [0.2, 0.25) is 10.0 Å². The van der Waals surface area contributed by atoms with Crippen molar-refractivity contribution < 1.29 is 13.2 Å². The summed E-state index contributed by atoms with van der Waals surface area (Å²) in [5.74, 6) is 0.815. The minimum absolute atomic E-state index is 0.111. The van der Waals surface area contributed by atoms with Crippen molar-refractivity contribution in [3.63, 3.8) is 0 Å². The quantitative estimate of drug-likeness (QED) is 0.909. The molecule has 98 valence electrons. The first-order valence-electron chi connectivity index (χ1n) is 6.43. The fourth-order valence-corrected chi connectivity index (χ4v) is 4.02. The lowest BCUT2D eigenvalue weighted by Gasteiger charge is -2.13. The number of rotatable bonds is 3. The van der Waals surface area contributed by atoms with Crippen LogP contribution in [0.15, 0.2) is 23.1 Å². The second kappa shape index (κ2) is 4.55. The van der Waals surface area contributed by atoms with E-state index < -0.39 is 10.0 Å². The Bertz CT molecular complexity index is 547. The van der Waals surface area contributed by atoms with Crippen LogP contribution >= 0.6 is 0 Å². The van der Waals surface area contributed by atoms with Gasteiger partial charge in [-0.15, -0.1) is 0 Å². The lowest BCUT2D eigenvalue weighted by Crippen LogP contribution is -2.32. The summed E-state index contributed by atoms with van der Waals surface area (Å²) < 4.78 is 32.7. The van der Waals surface area contributed by atoms with Crippen molar-refractivity contribution in [3.05, 3.63) is 23.8 Å². The van der Waals surface area contributed by atoms with E-state index in [9.17, 15) is 8.42 Å². The Kier molecular flexibility index (Phi) is 3.03. The molecule has 0 aromatic heterocycles. The molecule has 1 aromatic carbocycles. The lowest BCUT2D eigenvalue weighted by molar-refractivity contribution is 0.356. The van der Waals surface area contributed by atoms with E-state index in [0.29, 0.717) is 11.5 Å². The van der Waals surface area contributed by atoms with Crippen LogP contribution < -0.4 is 9.46 Å². The highest BCUT2D eigenvalue weighted by molar-refractivity contribution is 7.89. The van der Waals surface area contributed by atoms with Gasteiger partial charge in [-0.25, -0.2) is 13.1 Å². The summed E-state index contributed by atoms with van der Waals surface area (Å²) in [5, 5.41) is 0. The normalized spacial score (nSPS) is 19.8. The minimum atomic E-state index is -3.37. The zero-order valence-corrected chi connectivity index (χ0v) is 11.0. The summed E-state index contributed by atoms with van der Waals surface area (Å²) in [6.45, 7) is 0.648. The van der Waals surface area contributed by atoms with Gasteiger partial charge in [0.1, 0.15) is 5.75 Å². The third-order valence-corrected chi connectivity index (χ3v) is 5.17. The molecule has 0 saturated heterocycles. The van der Waals surface area contributed by atoms with Gasteiger partial charge in [-0.2, -0.15) is 0 Å². The summed E-state index contributed by atoms with van der Waals surface area (Å²) >= 11 is 0. The van der Waals surface area contributed by atoms with Gasteiger partial charge in [-0.3, -0.25) is 0 Å². The van der Waals surface area contributed by atoms with E-state index in [1.54, 1.807) is 18.2 Å². The molecule has 1 saturated carbocycles. The number of nitrogens with one attached hydrogen (secondary N) is 1. The lowest BCUT2D eigenvalue weighted by atomic mass is 10.2. The van der Waals surface area contributed by atoms with E-state index in [4.69, 9.17) is 4.74 Å². The molecule has 0 spiro atoms. The van der Waals surface area contributed by atoms with Crippen molar-refractivity contribution in [3.8, 4) is 5.75 Å². The highest BCUT2D eigenvalue weighted by atomic mass is 32.2. The van der Waals surface area contributed by atoms with Crippen molar-refractivity contribution in [2.75, 3.05) is 6.61 Å². The van der Waals surface area contributed by atoms with Gasteiger partial charge in [0, 0.05) is 12.5 Å². The molecule has 0 unspecified atom stereocenters. The Morgan fingerprint density at radius 3 is 2.78 bits per heavy atom. The zero-order chi connectivity index (χ0) is 12.6. The second-order valence-electron chi connectivity index (χ2n) is 4.97. The van der Waals surface area contributed by atoms with Crippen molar-refractivity contribution in [1.82, 2.24) is 4.72 Å². The van der Waals surface area contributed by atoms with Gasteiger partial charge >= 0.3 is 0 Å². The molecule has 0 amide bonds. The van der Waals surface area contributed by atoms with Crippen molar-refractivity contribution in [1.29, 1.82) is 0 Å². The van der Waals surface area contributed by atoms with Crippen molar-refractivity contribution in [2.45, 2.75) is 43.0 Å². The number of hydrogen-bond acceptors (Lipinski definition) is 3. The molecule has 0 radical (unpaired) electrons. The number of fused-ring (bicyclic) bond motifs is 1. The molecule has 5 heteroatoms.